The van der Waals surface area contributed by atoms with Crippen molar-refractivity contribution < 1.29 is 13.9 Å². The molecule has 0 radical (unpaired) electrons. The third-order valence-electron chi connectivity index (χ3n) is 4.27. The Bertz CT molecular complexity index is 1140. The number of pyridine rings is 1. The van der Waals surface area contributed by atoms with E-state index in [0.29, 0.717) is 46.6 Å². The van der Waals surface area contributed by atoms with Gasteiger partial charge in [-0.3, -0.25) is 4.98 Å². The highest BCUT2D eigenvalue weighted by Gasteiger charge is 2.12. The monoisotopic (exact) mass is 449 g/mol. The van der Waals surface area contributed by atoms with Gasteiger partial charge in [-0.15, -0.1) is 12.4 Å². The highest BCUT2D eigenvalue weighted by Crippen LogP contribution is 2.36. The first-order valence-corrected chi connectivity index (χ1v) is 9.16. The Morgan fingerprint density at radius 3 is 2.73 bits per heavy atom. The lowest BCUT2D eigenvalue weighted by Crippen LogP contribution is -2.09. The van der Waals surface area contributed by atoms with Gasteiger partial charge in [0.05, 0.1) is 24.9 Å². The fourth-order valence-corrected chi connectivity index (χ4v) is 3.03. The Morgan fingerprint density at radius 2 is 2.00 bits per heavy atom. The van der Waals surface area contributed by atoms with Crippen LogP contribution in [0.25, 0.3) is 10.9 Å². The second kappa shape index (κ2) is 9.60. The largest absolute Gasteiger partial charge is 0.493 e. The second-order valence-corrected chi connectivity index (χ2v) is 6.57. The maximum atomic E-state index is 14.2. The van der Waals surface area contributed by atoms with Crippen molar-refractivity contribution in [1.82, 2.24) is 19.7 Å². The zero-order valence-corrected chi connectivity index (χ0v) is 17.5. The summed E-state index contributed by atoms with van der Waals surface area (Å²) in [6.45, 7) is 0.936. The van der Waals surface area contributed by atoms with Crippen LogP contribution < -0.4 is 14.8 Å². The third-order valence-corrected chi connectivity index (χ3v) is 4.51. The number of aromatic nitrogens is 4. The molecule has 7 nitrogen and oxygen atoms in total. The number of nitrogens with one attached hydrogen (secondary N) is 1. The van der Waals surface area contributed by atoms with E-state index in [0.717, 1.165) is 5.39 Å². The maximum Gasteiger partial charge on any atom is 0.163 e. The number of hydrogen-bond acceptors (Lipinski definition) is 6. The van der Waals surface area contributed by atoms with E-state index in [9.17, 15) is 4.39 Å². The molecule has 10 heteroatoms. The van der Waals surface area contributed by atoms with Crippen molar-refractivity contribution in [3.8, 4) is 11.5 Å². The van der Waals surface area contributed by atoms with Crippen LogP contribution in [0.15, 0.2) is 55.2 Å². The first kappa shape index (κ1) is 21.6. The summed E-state index contributed by atoms with van der Waals surface area (Å²) in [5.74, 6) is 0.661. The van der Waals surface area contributed by atoms with Gasteiger partial charge in [0.25, 0.3) is 0 Å². The van der Waals surface area contributed by atoms with Gasteiger partial charge < -0.3 is 14.8 Å². The number of nitrogens with zero attached hydrogens (tertiary/aromatic N) is 4. The zero-order valence-electron chi connectivity index (χ0n) is 15.9. The quantitative estimate of drug-likeness (QED) is 0.433. The fraction of sp³-hybridized carbons (Fsp3) is 0.150. The van der Waals surface area contributed by atoms with Crippen LogP contribution in [0, 0.1) is 5.82 Å². The number of rotatable bonds is 7. The molecule has 0 fully saturated rings. The molecule has 0 bridgehead atoms. The summed E-state index contributed by atoms with van der Waals surface area (Å²) in [5.41, 5.74) is 1.68. The van der Waals surface area contributed by atoms with Crippen LogP contribution in [-0.2, 0) is 6.54 Å². The van der Waals surface area contributed by atoms with Crippen LogP contribution in [0.2, 0.25) is 5.02 Å². The van der Waals surface area contributed by atoms with Gasteiger partial charge in [-0.1, -0.05) is 11.6 Å². The van der Waals surface area contributed by atoms with Gasteiger partial charge in [0, 0.05) is 28.4 Å². The molecular formula is C20H18Cl2FN5O2. The Hall–Kier alpha value is -3.10. The number of ether oxygens (including phenoxy) is 2. The number of fused-ring (bicyclic) bond motifs is 1. The average molecular weight is 450 g/mol. The minimum atomic E-state index is -0.442. The van der Waals surface area contributed by atoms with Crippen molar-refractivity contribution in [3.63, 3.8) is 0 Å². The van der Waals surface area contributed by atoms with Crippen molar-refractivity contribution in [2.45, 2.75) is 6.54 Å². The average Bonchev–Trinajstić information content (AvgIpc) is 3.23. The van der Waals surface area contributed by atoms with Crippen molar-refractivity contribution >= 4 is 46.3 Å². The van der Waals surface area contributed by atoms with Gasteiger partial charge in [-0.05, 0) is 30.3 Å². The molecule has 0 unspecified atom stereocenters. The van der Waals surface area contributed by atoms with Crippen LogP contribution in [0.5, 0.6) is 11.5 Å². The van der Waals surface area contributed by atoms with E-state index >= 15 is 0 Å². The Kier molecular flexibility index (Phi) is 6.91. The first-order valence-electron chi connectivity index (χ1n) is 8.78. The molecule has 30 heavy (non-hydrogen) atoms. The van der Waals surface area contributed by atoms with E-state index in [4.69, 9.17) is 21.1 Å². The molecular weight excluding hydrogens is 432 g/mol. The standard InChI is InChI=1S/C20H17ClFN5O2.ClH/c1-28-19-9-14-16(26-17-3-2-13(21)8-15(17)22)4-5-24-18(14)10-20(19)29-7-6-27-12-23-11-25-27;/h2-5,8-12H,6-7H2,1H3,(H,24,26);1H. The van der Waals surface area contributed by atoms with Crippen LogP contribution in [-0.4, -0.2) is 33.5 Å². The van der Waals surface area contributed by atoms with Crippen molar-refractivity contribution in [2.75, 3.05) is 19.0 Å². The Balaban J connectivity index is 0.00000256. The van der Waals surface area contributed by atoms with Gasteiger partial charge in [0.1, 0.15) is 25.1 Å². The molecule has 4 rings (SSSR count). The molecule has 0 aliphatic carbocycles. The van der Waals surface area contributed by atoms with Gasteiger partial charge in [0.2, 0.25) is 0 Å². The molecule has 0 amide bonds. The molecule has 0 aliphatic rings. The Morgan fingerprint density at radius 1 is 1.13 bits per heavy atom. The summed E-state index contributed by atoms with van der Waals surface area (Å²) in [6.07, 6.45) is 4.74. The van der Waals surface area contributed by atoms with E-state index in [1.54, 1.807) is 48.6 Å². The van der Waals surface area contributed by atoms with E-state index in [1.165, 1.54) is 12.4 Å². The van der Waals surface area contributed by atoms with E-state index in [2.05, 4.69) is 20.4 Å². The van der Waals surface area contributed by atoms with Crippen molar-refractivity contribution in [2.24, 2.45) is 0 Å². The van der Waals surface area contributed by atoms with E-state index < -0.39 is 5.82 Å². The summed E-state index contributed by atoms with van der Waals surface area (Å²) >= 11 is 5.83. The molecule has 2 heterocycles. The lowest BCUT2D eigenvalue weighted by molar-refractivity contribution is 0.274. The van der Waals surface area contributed by atoms with Crippen LogP contribution in [0.3, 0.4) is 0 Å². The van der Waals surface area contributed by atoms with Gasteiger partial charge in [-0.25, -0.2) is 14.1 Å². The van der Waals surface area contributed by atoms with Gasteiger partial charge >= 0.3 is 0 Å². The number of anilines is 2. The maximum absolute atomic E-state index is 14.2. The molecule has 0 saturated carbocycles. The molecule has 0 atom stereocenters. The van der Waals surface area contributed by atoms with E-state index in [-0.39, 0.29) is 12.4 Å². The molecule has 0 aliphatic heterocycles. The molecule has 2 aromatic heterocycles. The summed E-state index contributed by atoms with van der Waals surface area (Å²) in [4.78, 5) is 8.29. The third kappa shape index (κ3) is 4.72. The first-order chi connectivity index (χ1) is 14.1. The topological polar surface area (TPSA) is 74.1 Å². The van der Waals surface area contributed by atoms with E-state index in [1.807, 2.05) is 6.07 Å². The normalized spacial score (nSPS) is 10.5. The molecule has 2 aromatic carbocycles. The van der Waals surface area contributed by atoms with Gasteiger partial charge in [0.15, 0.2) is 11.5 Å². The van der Waals surface area contributed by atoms with Crippen LogP contribution in [0.4, 0.5) is 15.8 Å². The molecule has 4 aromatic rings. The highest BCUT2D eigenvalue weighted by molar-refractivity contribution is 6.30. The second-order valence-electron chi connectivity index (χ2n) is 6.13. The summed E-state index contributed by atoms with van der Waals surface area (Å²) in [6, 6.07) is 9.83. The van der Waals surface area contributed by atoms with Crippen LogP contribution in [0.1, 0.15) is 0 Å². The fourth-order valence-electron chi connectivity index (χ4n) is 2.87. The Labute approximate surface area is 183 Å². The molecule has 156 valence electrons. The smallest absolute Gasteiger partial charge is 0.163 e. The minimum absolute atomic E-state index is 0. The van der Waals surface area contributed by atoms with Crippen molar-refractivity contribution in [3.05, 3.63) is 66.1 Å². The van der Waals surface area contributed by atoms with Gasteiger partial charge in [-0.2, -0.15) is 5.10 Å². The molecule has 0 saturated heterocycles. The SMILES string of the molecule is COc1cc2c(Nc3ccc(Cl)cc3F)ccnc2cc1OCCn1cncn1.Cl. The minimum Gasteiger partial charge on any atom is -0.493 e. The predicted octanol–water partition coefficient (Wildman–Crippen LogP) is 4.87. The number of benzene rings is 2. The lowest BCUT2D eigenvalue weighted by Gasteiger charge is -2.14. The summed E-state index contributed by atoms with van der Waals surface area (Å²) in [5, 5.41) is 8.23. The van der Waals surface area contributed by atoms with Crippen LogP contribution >= 0.6 is 24.0 Å². The predicted molar refractivity (Wildman–Crippen MR) is 116 cm³/mol. The number of methoxy groups -OCH3 is 1. The van der Waals surface area contributed by atoms with Crippen molar-refractivity contribution in [1.29, 1.82) is 0 Å². The zero-order chi connectivity index (χ0) is 20.2. The number of halogens is 3. The molecule has 0 spiro atoms. The summed E-state index contributed by atoms with van der Waals surface area (Å²) in [7, 11) is 1.56. The highest BCUT2D eigenvalue weighted by atomic mass is 35.5. The lowest BCUT2D eigenvalue weighted by atomic mass is 10.1. The molecule has 1 N–H and O–H groups in total. The number of hydrogen-bond donors (Lipinski definition) is 1. The summed E-state index contributed by atoms with van der Waals surface area (Å²) < 4.78 is 27.2.